The maximum atomic E-state index is 12.0. The molecule has 138 valence electrons. The molecule has 0 atom stereocenters. The van der Waals surface area contributed by atoms with Crippen molar-refractivity contribution in [1.82, 2.24) is 14.3 Å². The number of rotatable bonds is 3. The molecule has 0 spiro atoms. The van der Waals surface area contributed by atoms with Gasteiger partial charge in [-0.25, -0.2) is 9.78 Å². The maximum absolute atomic E-state index is 12.0. The Labute approximate surface area is 156 Å². The molecule has 0 aliphatic heterocycles. The predicted molar refractivity (Wildman–Crippen MR) is 100 cm³/mol. The van der Waals surface area contributed by atoms with Crippen LogP contribution in [0.1, 0.15) is 50.7 Å². The number of primary amides is 1. The quantitative estimate of drug-likeness (QED) is 0.833. The van der Waals surface area contributed by atoms with Gasteiger partial charge in [0.2, 0.25) is 5.91 Å². The maximum Gasteiger partial charge on any atom is 0.410 e. The lowest BCUT2D eigenvalue weighted by atomic mass is 10.2. The largest absolute Gasteiger partial charge is 0.444 e. The first kappa shape index (κ1) is 21.0. The summed E-state index contributed by atoms with van der Waals surface area (Å²) in [4.78, 5) is 29.2. The molecule has 0 bridgehead atoms. The fourth-order valence-electron chi connectivity index (χ4n) is 1.94. The van der Waals surface area contributed by atoms with Crippen LogP contribution >= 0.6 is 15.9 Å². The molecule has 0 saturated carbocycles. The van der Waals surface area contributed by atoms with E-state index in [0.29, 0.717) is 21.5 Å². The highest BCUT2D eigenvalue weighted by Gasteiger charge is 2.21. The van der Waals surface area contributed by atoms with E-state index in [4.69, 9.17) is 10.5 Å². The van der Waals surface area contributed by atoms with Crippen molar-refractivity contribution in [3.63, 3.8) is 0 Å². The molecule has 0 unspecified atom stereocenters. The van der Waals surface area contributed by atoms with Crippen LogP contribution in [0.25, 0.3) is 5.65 Å². The lowest BCUT2D eigenvalue weighted by molar-refractivity contribution is 0.0283. The van der Waals surface area contributed by atoms with Gasteiger partial charge in [-0.2, -0.15) is 0 Å². The van der Waals surface area contributed by atoms with Gasteiger partial charge in [-0.1, -0.05) is 13.8 Å². The molecule has 2 heterocycles. The van der Waals surface area contributed by atoms with Crippen molar-refractivity contribution in [2.75, 3.05) is 7.05 Å². The highest BCUT2D eigenvalue weighted by molar-refractivity contribution is 9.10. The molecular formula is C17H25BrN4O3. The van der Waals surface area contributed by atoms with E-state index < -0.39 is 17.6 Å². The molecule has 2 rings (SSSR count). The highest BCUT2D eigenvalue weighted by Crippen LogP contribution is 2.21. The van der Waals surface area contributed by atoms with E-state index in [1.54, 1.807) is 29.8 Å². The number of carbonyl (C=O) groups excluding carboxylic acids is 2. The molecule has 0 radical (unpaired) electrons. The fourth-order valence-corrected chi connectivity index (χ4v) is 2.44. The zero-order valence-corrected chi connectivity index (χ0v) is 17.0. The van der Waals surface area contributed by atoms with E-state index in [1.165, 1.54) is 4.90 Å². The summed E-state index contributed by atoms with van der Waals surface area (Å²) < 4.78 is 7.68. The van der Waals surface area contributed by atoms with Crippen LogP contribution < -0.4 is 5.73 Å². The third-order valence-corrected chi connectivity index (χ3v) is 3.84. The monoisotopic (exact) mass is 412 g/mol. The first-order chi connectivity index (χ1) is 11.6. The van der Waals surface area contributed by atoms with Crippen LogP contribution in [0.5, 0.6) is 0 Å². The Balaban J connectivity index is 0.00000151. The molecule has 8 heteroatoms. The lowest BCUT2D eigenvalue weighted by Gasteiger charge is -2.24. The number of hydrogen-bond donors (Lipinski definition) is 1. The summed E-state index contributed by atoms with van der Waals surface area (Å²) in [5, 5.41) is 0. The van der Waals surface area contributed by atoms with Gasteiger partial charge in [-0.3, -0.25) is 9.20 Å². The number of fused-ring (bicyclic) bond motifs is 1. The molecule has 0 saturated heterocycles. The van der Waals surface area contributed by atoms with Crippen LogP contribution in [0.3, 0.4) is 0 Å². The van der Waals surface area contributed by atoms with Crippen LogP contribution in [0.15, 0.2) is 22.9 Å². The first-order valence-corrected chi connectivity index (χ1v) is 8.78. The van der Waals surface area contributed by atoms with E-state index in [2.05, 4.69) is 20.9 Å². The summed E-state index contributed by atoms with van der Waals surface area (Å²) in [5.74, 6) is -0.514. The Morgan fingerprint density at radius 2 is 1.92 bits per heavy atom. The number of amides is 2. The number of nitrogens with zero attached hydrogens (tertiary/aromatic N) is 3. The standard InChI is InChI=1S/C15H19BrN4O3.C2H6/c1-15(2,3)23-14(22)19(4)8-10-12(16)20-7-9(13(17)21)5-6-11(20)18-10;1-2/h5-7H,8H2,1-4H3,(H2,17,21);1-2H3. The number of carbonyl (C=O) groups is 2. The molecule has 2 amide bonds. The normalized spacial score (nSPS) is 10.8. The van der Waals surface area contributed by atoms with Crippen molar-refractivity contribution in [3.8, 4) is 0 Å². The molecule has 2 aromatic heterocycles. The number of ether oxygens (including phenoxy) is 1. The van der Waals surface area contributed by atoms with Gasteiger partial charge >= 0.3 is 6.09 Å². The van der Waals surface area contributed by atoms with Crippen molar-refractivity contribution in [3.05, 3.63) is 34.2 Å². The van der Waals surface area contributed by atoms with Gasteiger partial charge < -0.3 is 15.4 Å². The highest BCUT2D eigenvalue weighted by atomic mass is 79.9. The smallest absolute Gasteiger partial charge is 0.410 e. The fraction of sp³-hybridized carbons (Fsp3) is 0.471. The first-order valence-electron chi connectivity index (χ1n) is 7.99. The summed E-state index contributed by atoms with van der Waals surface area (Å²) in [5.41, 5.74) is 6.40. The van der Waals surface area contributed by atoms with Gasteiger partial charge in [-0.15, -0.1) is 0 Å². The number of aromatic nitrogens is 2. The van der Waals surface area contributed by atoms with E-state index in [-0.39, 0.29) is 6.54 Å². The van der Waals surface area contributed by atoms with E-state index in [1.807, 2.05) is 34.6 Å². The summed E-state index contributed by atoms with van der Waals surface area (Å²) >= 11 is 3.44. The average molecular weight is 413 g/mol. The van der Waals surface area contributed by atoms with Crippen molar-refractivity contribution >= 4 is 33.6 Å². The number of imidazole rings is 1. The molecule has 2 aromatic rings. The Hall–Kier alpha value is -2.09. The molecule has 0 fully saturated rings. The summed E-state index contributed by atoms with van der Waals surface area (Å²) in [6.45, 7) is 9.70. The predicted octanol–water partition coefficient (Wildman–Crippen LogP) is 3.59. The number of nitrogens with two attached hydrogens (primary N) is 1. The van der Waals surface area contributed by atoms with Crippen molar-refractivity contribution in [1.29, 1.82) is 0 Å². The van der Waals surface area contributed by atoms with Crippen LogP contribution in [0.2, 0.25) is 0 Å². The van der Waals surface area contributed by atoms with Crippen molar-refractivity contribution < 1.29 is 14.3 Å². The van der Waals surface area contributed by atoms with Gasteiger partial charge in [0.15, 0.2) is 0 Å². The third kappa shape index (κ3) is 5.45. The average Bonchev–Trinajstić information content (AvgIpc) is 2.83. The number of halogens is 1. The van der Waals surface area contributed by atoms with E-state index in [0.717, 1.165) is 0 Å². The van der Waals surface area contributed by atoms with Crippen molar-refractivity contribution in [2.45, 2.75) is 46.8 Å². The molecule has 0 aliphatic carbocycles. The number of hydrogen-bond acceptors (Lipinski definition) is 4. The van der Waals surface area contributed by atoms with E-state index in [9.17, 15) is 9.59 Å². The second-order valence-corrected chi connectivity index (χ2v) is 6.95. The molecular weight excluding hydrogens is 388 g/mol. The Morgan fingerprint density at radius 1 is 1.32 bits per heavy atom. The second-order valence-electron chi connectivity index (χ2n) is 6.20. The SMILES string of the molecule is CC.CN(Cc1nc2ccc(C(N)=O)cn2c1Br)C(=O)OC(C)(C)C. The van der Waals surface area contributed by atoms with Gasteiger partial charge in [-0.05, 0) is 48.8 Å². The van der Waals surface area contributed by atoms with Crippen LogP contribution in [-0.2, 0) is 11.3 Å². The lowest BCUT2D eigenvalue weighted by Crippen LogP contribution is -2.33. The van der Waals surface area contributed by atoms with Crippen LogP contribution in [0.4, 0.5) is 4.79 Å². The minimum Gasteiger partial charge on any atom is -0.444 e. The third-order valence-electron chi connectivity index (χ3n) is 3.00. The minimum atomic E-state index is -0.558. The molecule has 7 nitrogen and oxygen atoms in total. The molecule has 2 N–H and O–H groups in total. The number of pyridine rings is 1. The molecule has 0 aromatic carbocycles. The summed E-state index contributed by atoms with van der Waals surface area (Å²) in [6.07, 6.45) is 1.17. The summed E-state index contributed by atoms with van der Waals surface area (Å²) in [6, 6.07) is 3.31. The second kappa shape index (κ2) is 8.33. The summed E-state index contributed by atoms with van der Waals surface area (Å²) in [7, 11) is 1.64. The zero-order chi connectivity index (χ0) is 19.4. The van der Waals surface area contributed by atoms with Crippen LogP contribution in [-0.4, -0.2) is 38.9 Å². The molecule has 25 heavy (non-hydrogen) atoms. The van der Waals surface area contributed by atoms with E-state index >= 15 is 0 Å². The Morgan fingerprint density at radius 3 is 2.44 bits per heavy atom. The van der Waals surface area contributed by atoms with Gasteiger partial charge in [0.25, 0.3) is 0 Å². The molecule has 0 aliphatic rings. The van der Waals surface area contributed by atoms with Gasteiger partial charge in [0, 0.05) is 13.2 Å². The van der Waals surface area contributed by atoms with Crippen LogP contribution in [0, 0.1) is 0 Å². The Kier molecular flexibility index (Phi) is 6.98. The van der Waals surface area contributed by atoms with Gasteiger partial charge in [0.05, 0.1) is 17.8 Å². The Bertz CT molecular complexity index is 765. The van der Waals surface area contributed by atoms with Gasteiger partial charge in [0.1, 0.15) is 15.9 Å². The minimum absolute atomic E-state index is 0.267. The zero-order valence-electron chi connectivity index (χ0n) is 15.5. The topological polar surface area (TPSA) is 89.9 Å². The van der Waals surface area contributed by atoms with Crippen molar-refractivity contribution in [2.24, 2.45) is 5.73 Å².